The predicted octanol–water partition coefficient (Wildman–Crippen LogP) is 3.11. The van der Waals surface area contributed by atoms with Gasteiger partial charge in [0.25, 0.3) is 10.0 Å². The Balaban J connectivity index is 1.87. The average molecular weight is 374 g/mol. The van der Waals surface area contributed by atoms with Gasteiger partial charge >= 0.3 is 0 Å². The molecule has 9 heteroatoms. The van der Waals surface area contributed by atoms with Crippen molar-refractivity contribution in [3.8, 4) is 0 Å². The van der Waals surface area contributed by atoms with Crippen molar-refractivity contribution in [2.24, 2.45) is 0 Å². The van der Waals surface area contributed by atoms with E-state index in [-0.39, 0.29) is 15.7 Å². The summed E-state index contributed by atoms with van der Waals surface area (Å²) in [6.45, 7) is 0. The van der Waals surface area contributed by atoms with E-state index < -0.39 is 15.8 Å². The van der Waals surface area contributed by atoms with Gasteiger partial charge < -0.3 is 0 Å². The Morgan fingerprint density at radius 2 is 1.84 bits per heavy atom. The molecule has 0 aliphatic heterocycles. The summed E-state index contributed by atoms with van der Waals surface area (Å²) >= 11 is 4.04. The number of aromatic nitrogens is 3. The Morgan fingerprint density at radius 3 is 2.64 bits per heavy atom. The highest BCUT2D eigenvalue weighted by Crippen LogP contribution is 2.25. The molecule has 0 fully saturated rings. The lowest BCUT2D eigenvalue weighted by Gasteiger charge is -2.09. The van der Waals surface area contributed by atoms with E-state index in [0.717, 1.165) is 29.1 Å². The molecule has 25 heavy (non-hydrogen) atoms. The molecule has 4 rings (SSSR count). The summed E-state index contributed by atoms with van der Waals surface area (Å²) in [6, 6.07) is 14.3. The number of thiol groups is 1. The normalized spacial score (nSPS) is 11.9. The van der Waals surface area contributed by atoms with Gasteiger partial charge in [0.05, 0.1) is 5.52 Å². The van der Waals surface area contributed by atoms with Crippen LogP contribution in [0.3, 0.4) is 0 Å². The number of nitrogens with zero attached hydrogens (tertiary/aromatic N) is 3. The predicted molar refractivity (Wildman–Crippen MR) is 95.0 cm³/mol. The summed E-state index contributed by atoms with van der Waals surface area (Å²) in [5.74, 6) is -0.522. The van der Waals surface area contributed by atoms with Crippen molar-refractivity contribution < 1.29 is 12.8 Å². The van der Waals surface area contributed by atoms with E-state index in [1.54, 1.807) is 10.5 Å². The van der Waals surface area contributed by atoms with Crippen molar-refractivity contribution in [3.05, 3.63) is 60.4 Å². The number of pyridine rings is 1. The van der Waals surface area contributed by atoms with Gasteiger partial charge in [-0.3, -0.25) is 4.40 Å². The summed E-state index contributed by atoms with van der Waals surface area (Å²) in [5.41, 5.74) is 1.26. The highest BCUT2D eigenvalue weighted by atomic mass is 32.2. The van der Waals surface area contributed by atoms with E-state index in [9.17, 15) is 12.8 Å². The van der Waals surface area contributed by atoms with E-state index >= 15 is 0 Å². The number of fused-ring (bicyclic) bond motifs is 3. The highest BCUT2D eigenvalue weighted by Gasteiger charge is 2.21. The molecule has 0 aliphatic carbocycles. The van der Waals surface area contributed by atoms with Crippen LogP contribution in [0.1, 0.15) is 0 Å². The highest BCUT2D eigenvalue weighted by molar-refractivity contribution is 7.93. The van der Waals surface area contributed by atoms with Gasteiger partial charge in [-0.1, -0.05) is 18.2 Å². The zero-order valence-corrected chi connectivity index (χ0v) is 14.3. The fourth-order valence-electron chi connectivity index (χ4n) is 2.60. The standard InChI is InChI=1S/C16H11FN4O2S2/c17-11-6-7-14(13(24)9-11)25(22,23)20-16-19-18-15-8-5-10-3-1-2-4-12(10)21(15)16/h1-9,24H,(H,19,20). The van der Waals surface area contributed by atoms with Crippen molar-refractivity contribution in [1.82, 2.24) is 14.6 Å². The van der Waals surface area contributed by atoms with Crippen molar-refractivity contribution in [1.29, 1.82) is 0 Å². The molecule has 6 nitrogen and oxygen atoms in total. The summed E-state index contributed by atoms with van der Waals surface area (Å²) in [6.07, 6.45) is 0. The number of hydrogen-bond acceptors (Lipinski definition) is 5. The van der Waals surface area contributed by atoms with Crippen molar-refractivity contribution in [3.63, 3.8) is 0 Å². The maximum Gasteiger partial charge on any atom is 0.265 e. The van der Waals surface area contributed by atoms with Gasteiger partial charge in [0.15, 0.2) is 5.65 Å². The molecule has 0 unspecified atom stereocenters. The Hall–Kier alpha value is -2.65. The zero-order valence-electron chi connectivity index (χ0n) is 12.6. The van der Waals surface area contributed by atoms with Crippen LogP contribution < -0.4 is 4.72 Å². The van der Waals surface area contributed by atoms with E-state index in [2.05, 4.69) is 27.5 Å². The van der Waals surface area contributed by atoms with Crippen LogP contribution in [0.5, 0.6) is 0 Å². The molecule has 126 valence electrons. The first-order valence-corrected chi connectivity index (χ1v) is 9.13. The zero-order chi connectivity index (χ0) is 17.6. The molecule has 0 spiro atoms. The van der Waals surface area contributed by atoms with Gasteiger partial charge in [-0.25, -0.2) is 17.5 Å². The maximum atomic E-state index is 13.2. The fraction of sp³-hybridized carbons (Fsp3) is 0. The summed E-state index contributed by atoms with van der Waals surface area (Å²) in [4.78, 5) is -0.139. The van der Waals surface area contributed by atoms with Crippen molar-refractivity contribution >= 4 is 45.2 Å². The molecule has 0 aliphatic rings. The van der Waals surface area contributed by atoms with Crippen LogP contribution in [-0.4, -0.2) is 23.0 Å². The van der Waals surface area contributed by atoms with E-state index in [1.807, 2.05) is 30.3 Å². The lowest BCUT2D eigenvalue weighted by molar-refractivity contribution is 0.595. The molecule has 0 saturated carbocycles. The number of halogens is 1. The lowest BCUT2D eigenvalue weighted by atomic mass is 10.2. The number of rotatable bonds is 3. The minimum atomic E-state index is -4.01. The molecule has 0 amide bonds. The number of hydrogen-bond donors (Lipinski definition) is 2. The first kappa shape index (κ1) is 15.9. The van der Waals surface area contributed by atoms with Crippen LogP contribution in [-0.2, 0) is 10.0 Å². The Bertz CT molecular complexity index is 1220. The average Bonchev–Trinajstić information content (AvgIpc) is 2.97. The van der Waals surface area contributed by atoms with Crippen LogP contribution in [0, 0.1) is 5.82 Å². The number of para-hydroxylation sites is 1. The third-order valence-corrected chi connectivity index (χ3v) is 5.62. The summed E-state index contributed by atoms with van der Waals surface area (Å²) < 4.78 is 42.5. The Kier molecular flexibility index (Phi) is 3.62. The van der Waals surface area contributed by atoms with Crippen LogP contribution >= 0.6 is 12.6 Å². The third-order valence-electron chi connectivity index (χ3n) is 3.71. The minimum absolute atomic E-state index is 0.00572. The van der Waals surface area contributed by atoms with Crippen LogP contribution in [0.25, 0.3) is 16.6 Å². The second-order valence-electron chi connectivity index (χ2n) is 5.33. The second-order valence-corrected chi connectivity index (χ2v) is 7.46. The van der Waals surface area contributed by atoms with Crippen LogP contribution in [0.4, 0.5) is 10.3 Å². The van der Waals surface area contributed by atoms with Crippen LogP contribution in [0.15, 0.2) is 64.4 Å². The molecular weight excluding hydrogens is 363 g/mol. The summed E-state index contributed by atoms with van der Waals surface area (Å²) in [5, 5.41) is 8.83. The second kappa shape index (κ2) is 5.71. The topological polar surface area (TPSA) is 76.4 Å². The number of benzene rings is 2. The molecule has 2 aromatic heterocycles. The van der Waals surface area contributed by atoms with Gasteiger partial charge in [-0.2, -0.15) is 0 Å². The number of nitrogens with one attached hydrogen (secondary N) is 1. The van der Waals surface area contributed by atoms with Gasteiger partial charge in [-0.15, -0.1) is 22.8 Å². The molecule has 2 aromatic carbocycles. The minimum Gasteiger partial charge on any atom is -0.261 e. The number of anilines is 1. The molecular formula is C16H11FN4O2S2. The molecule has 0 bridgehead atoms. The molecule has 2 heterocycles. The van der Waals surface area contributed by atoms with Gasteiger partial charge in [-0.05, 0) is 41.8 Å². The molecule has 1 N–H and O–H groups in total. The Labute approximate surface area is 147 Å². The monoisotopic (exact) mass is 374 g/mol. The quantitative estimate of drug-likeness (QED) is 0.540. The van der Waals surface area contributed by atoms with E-state index in [0.29, 0.717) is 5.65 Å². The third kappa shape index (κ3) is 2.71. The smallest absolute Gasteiger partial charge is 0.261 e. The number of sulfonamides is 1. The van der Waals surface area contributed by atoms with Gasteiger partial charge in [0, 0.05) is 4.90 Å². The molecule has 4 aromatic rings. The Morgan fingerprint density at radius 1 is 1.04 bits per heavy atom. The SMILES string of the molecule is O=S(=O)(Nc1nnc2ccc3ccccc3n12)c1ccc(F)cc1S. The van der Waals surface area contributed by atoms with Crippen LogP contribution in [0.2, 0.25) is 0 Å². The lowest BCUT2D eigenvalue weighted by Crippen LogP contribution is -2.16. The van der Waals surface area contributed by atoms with Crippen molar-refractivity contribution in [2.45, 2.75) is 9.79 Å². The van der Waals surface area contributed by atoms with E-state index in [1.165, 1.54) is 0 Å². The van der Waals surface area contributed by atoms with Gasteiger partial charge in [0.2, 0.25) is 5.95 Å². The van der Waals surface area contributed by atoms with Gasteiger partial charge in [0.1, 0.15) is 10.7 Å². The molecule has 0 radical (unpaired) electrons. The van der Waals surface area contributed by atoms with E-state index in [4.69, 9.17) is 0 Å². The fourth-order valence-corrected chi connectivity index (χ4v) is 4.22. The first-order valence-electron chi connectivity index (χ1n) is 7.20. The largest absolute Gasteiger partial charge is 0.265 e. The summed E-state index contributed by atoms with van der Waals surface area (Å²) in [7, 11) is -4.01. The molecule has 0 saturated heterocycles. The first-order chi connectivity index (χ1) is 12.0. The maximum absolute atomic E-state index is 13.2. The van der Waals surface area contributed by atoms with Crippen molar-refractivity contribution in [2.75, 3.05) is 4.72 Å². The molecule has 0 atom stereocenters.